The Morgan fingerprint density at radius 2 is 1.77 bits per heavy atom. The number of likely N-dealkylation sites (tertiary alicyclic amines) is 1. The maximum Gasteiger partial charge on any atom is 0.410 e. The van der Waals surface area contributed by atoms with Gasteiger partial charge in [0.1, 0.15) is 11.6 Å². The molecule has 3 unspecified atom stereocenters. The van der Waals surface area contributed by atoms with Gasteiger partial charge in [-0.3, -0.25) is 9.59 Å². The van der Waals surface area contributed by atoms with Gasteiger partial charge in [0.2, 0.25) is 11.8 Å². The van der Waals surface area contributed by atoms with Crippen LogP contribution in [0.1, 0.15) is 52.0 Å². The zero-order valence-corrected chi connectivity index (χ0v) is 18.8. The molecule has 4 saturated heterocycles. The predicted molar refractivity (Wildman–Crippen MR) is 116 cm³/mol. The summed E-state index contributed by atoms with van der Waals surface area (Å²) in [5, 5.41) is 0. The minimum atomic E-state index is -0.542. The summed E-state index contributed by atoms with van der Waals surface area (Å²) < 4.78 is 5.58. The molecular weight excluding hydrogens is 394 g/mol. The van der Waals surface area contributed by atoms with Crippen molar-refractivity contribution in [2.24, 2.45) is 5.92 Å². The van der Waals surface area contributed by atoms with Crippen molar-refractivity contribution in [1.29, 1.82) is 0 Å². The second-order valence-electron chi connectivity index (χ2n) is 10.0. The quantitative estimate of drug-likeness (QED) is 0.744. The van der Waals surface area contributed by atoms with E-state index in [0.29, 0.717) is 39.0 Å². The molecule has 4 fully saturated rings. The molecule has 4 aliphatic heterocycles. The van der Waals surface area contributed by atoms with E-state index in [0.717, 1.165) is 18.4 Å². The summed E-state index contributed by atoms with van der Waals surface area (Å²) in [6, 6.07) is 9.38. The van der Waals surface area contributed by atoms with Crippen LogP contribution in [-0.2, 0) is 20.9 Å². The molecule has 31 heavy (non-hydrogen) atoms. The lowest BCUT2D eigenvalue weighted by molar-refractivity contribution is -0.144. The van der Waals surface area contributed by atoms with Gasteiger partial charge in [-0.1, -0.05) is 30.3 Å². The largest absolute Gasteiger partial charge is 0.444 e. The van der Waals surface area contributed by atoms with Crippen LogP contribution in [0.15, 0.2) is 30.3 Å². The highest BCUT2D eigenvalue weighted by atomic mass is 16.6. The molecular formula is C24H33N3O4. The molecule has 1 aromatic rings. The van der Waals surface area contributed by atoms with Gasteiger partial charge in [0.15, 0.2) is 0 Å². The summed E-state index contributed by atoms with van der Waals surface area (Å²) in [6.45, 7) is 7.82. The van der Waals surface area contributed by atoms with E-state index >= 15 is 0 Å². The fourth-order valence-electron chi connectivity index (χ4n) is 4.99. The number of benzene rings is 1. The number of hydrogen-bond donors (Lipinski definition) is 0. The summed E-state index contributed by atoms with van der Waals surface area (Å²) in [5.74, 6) is 0.315. The maximum absolute atomic E-state index is 13.6. The van der Waals surface area contributed by atoms with E-state index in [4.69, 9.17) is 4.74 Å². The van der Waals surface area contributed by atoms with Crippen LogP contribution >= 0.6 is 0 Å². The molecule has 0 saturated carbocycles. The van der Waals surface area contributed by atoms with E-state index in [1.807, 2.05) is 56.0 Å². The number of ether oxygens (including phenoxy) is 1. The molecule has 3 amide bonds. The van der Waals surface area contributed by atoms with E-state index < -0.39 is 11.6 Å². The van der Waals surface area contributed by atoms with Crippen molar-refractivity contribution in [2.75, 3.05) is 19.6 Å². The lowest BCUT2D eigenvalue weighted by Gasteiger charge is -2.39. The van der Waals surface area contributed by atoms with Gasteiger partial charge < -0.3 is 19.4 Å². The number of carbonyl (C=O) groups excluding carboxylic acids is 3. The summed E-state index contributed by atoms with van der Waals surface area (Å²) in [7, 11) is 0. The standard InChI is InChI=1S/C24H33N3O4/c1-24(2,3)31-23(30)25-13-18-9-10-19(16-25)26(15-18)22(29)20-11-12-21(28)27(20)14-17-7-5-4-6-8-17/h4-8,18-20H,9-16H2,1-3H3. The highest BCUT2D eigenvalue weighted by Crippen LogP contribution is 2.32. The molecule has 0 radical (unpaired) electrons. The minimum absolute atomic E-state index is 0.0203. The normalized spacial score (nSPS) is 26.2. The molecule has 1 aromatic carbocycles. The molecule has 4 aliphatic rings. The average molecular weight is 428 g/mol. The van der Waals surface area contributed by atoms with E-state index in [-0.39, 0.29) is 29.9 Å². The number of amides is 3. The van der Waals surface area contributed by atoms with E-state index in [9.17, 15) is 14.4 Å². The summed E-state index contributed by atoms with van der Waals surface area (Å²) >= 11 is 0. The van der Waals surface area contributed by atoms with Crippen molar-refractivity contribution >= 4 is 17.9 Å². The molecule has 4 heterocycles. The van der Waals surface area contributed by atoms with Gasteiger partial charge in [-0.15, -0.1) is 0 Å². The fourth-order valence-corrected chi connectivity index (χ4v) is 4.99. The minimum Gasteiger partial charge on any atom is -0.444 e. The second kappa shape index (κ2) is 8.52. The van der Waals surface area contributed by atoms with Gasteiger partial charge >= 0.3 is 6.09 Å². The van der Waals surface area contributed by atoms with Crippen LogP contribution < -0.4 is 0 Å². The van der Waals surface area contributed by atoms with Crippen molar-refractivity contribution in [3.63, 3.8) is 0 Å². The first kappa shape index (κ1) is 21.7. The van der Waals surface area contributed by atoms with Crippen molar-refractivity contribution in [2.45, 2.75) is 70.7 Å². The Kier molecular flexibility index (Phi) is 5.95. The fraction of sp³-hybridized carbons (Fsp3) is 0.625. The van der Waals surface area contributed by atoms with E-state index in [2.05, 4.69) is 0 Å². The Morgan fingerprint density at radius 1 is 1.03 bits per heavy atom. The van der Waals surface area contributed by atoms with Gasteiger partial charge in [0, 0.05) is 38.6 Å². The van der Waals surface area contributed by atoms with Crippen LogP contribution in [0, 0.1) is 5.92 Å². The van der Waals surface area contributed by atoms with E-state index in [1.165, 1.54) is 0 Å². The average Bonchev–Trinajstić information content (AvgIpc) is 2.89. The topological polar surface area (TPSA) is 70.2 Å². The van der Waals surface area contributed by atoms with Crippen LogP contribution in [0.5, 0.6) is 0 Å². The Morgan fingerprint density at radius 3 is 2.48 bits per heavy atom. The van der Waals surface area contributed by atoms with Crippen molar-refractivity contribution < 1.29 is 19.1 Å². The van der Waals surface area contributed by atoms with Gasteiger partial charge in [-0.05, 0) is 51.5 Å². The number of rotatable bonds is 3. The number of piperidine rings is 1. The van der Waals surface area contributed by atoms with Gasteiger partial charge in [-0.25, -0.2) is 4.79 Å². The van der Waals surface area contributed by atoms with Crippen molar-refractivity contribution in [3.05, 3.63) is 35.9 Å². The lowest BCUT2D eigenvalue weighted by atomic mass is 9.94. The molecule has 3 atom stereocenters. The molecule has 0 spiro atoms. The molecule has 7 heteroatoms. The first-order chi connectivity index (χ1) is 14.7. The lowest BCUT2D eigenvalue weighted by Crippen LogP contribution is -2.54. The summed E-state index contributed by atoms with van der Waals surface area (Å²) in [5.41, 5.74) is 0.490. The van der Waals surface area contributed by atoms with Crippen LogP contribution in [-0.4, -0.2) is 69.9 Å². The Bertz CT molecular complexity index is 835. The molecule has 0 N–H and O–H groups in total. The van der Waals surface area contributed by atoms with Gasteiger partial charge in [-0.2, -0.15) is 0 Å². The Labute approximate surface area is 184 Å². The summed E-state index contributed by atoms with van der Waals surface area (Å²) in [4.78, 5) is 44.3. The molecule has 7 nitrogen and oxygen atoms in total. The number of carbonyl (C=O) groups is 3. The summed E-state index contributed by atoms with van der Waals surface area (Å²) in [6.07, 6.45) is 2.56. The van der Waals surface area contributed by atoms with Crippen LogP contribution in [0.3, 0.4) is 0 Å². The zero-order chi connectivity index (χ0) is 22.2. The van der Waals surface area contributed by atoms with Crippen LogP contribution in [0.25, 0.3) is 0 Å². The molecule has 2 bridgehead atoms. The number of fused-ring (bicyclic) bond motifs is 4. The van der Waals surface area contributed by atoms with Crippen LogP contribution in [0.2, 0.25) is 0 Å². The first-order valence-corrected chi connectivity index (χ1v) is 11.3. The van der Waals surface area contributed by atoms with Gasteiger partial charge in [0.05, 0.1) is 0 Å². The second-order valence-corrected chi connectivity index (χ2v) is 10.0. The molecule has 168 valence electrons. The Hall–Kier alpha value is -2.57. The molecule has 0 aliphatic carbocycles. The third-order valence-electron chi connectivity index (χ3n) is 6.46. The third-order valence-corrected chi connectivity index (χ3v) is 6.46. The van der Waals surface area contributed by atoms with Crippen LogP contribution in [0.4, 0.5) is 4.79 Å². The maximum atomic E-state index is 13.6. The molecule has 0 aromatic heterocycles. The predicted octanol–water partition coefficient (Wildman–Crippen LogP) is 3.04. The number of nitrogens with zero attached hydrogens (tertiary/aromatic N) is 3. The first-order valence-electron chi connectivity index (χ1n) is 11.3. The molecule has 5 rings (SSSR count). The Balaban J connectivity index is 1.47. The van der Waals surface area contributed by atoms with Crippen molar-refractivity contribution in [1.82, 2.24) is 14.7 Å². The number of hydrogen-bond acceptors (Lipinski definition) is 4. The van der Waals surface area contributed by atoms with E-state index in [1.54, 1.807) is 9.80 Å². The zero-order valence-electron chi connectivity index (χ0n) is 18.8. The van der Waals surface area contributed by atoms with Crippen molar-refractivity contribution in [3.8, 4) is 0 Å². The smallest absolute Gasteiger partial charge is 0.410 e. The third kappa shape index (κ3) is 4.86. The SMILES string of the molecule is CC(C)(C)OC(=O)N1CC2CCC(C1)N(C(=O)C1CCC(=O)N1Cc1ccccc1)C2. The highest BCUT2D eigenvalue weighted by Gasteiger charge is 2.44. The van der Waals surface area contributed by atoms with Gasteiger partial charge in [0.25, 0.3) is 0 Å². The highest BCUT2D eigenvalue weighted by molar-refractivity contribution is 5.91. The monoisotopic (exact) mass is 427 g/mol.